The van der Waals surface area contributed by atoms with Gasteiger partial charge >= 0.3 is 0 Å². The fraction of sp³-hybridized carbons (Fsp3) is 0.533. The molecule has 6 nitrogen and oxygen atoms in total. The molecule has 3 rings (SSSR count). The van der Waals surface area contributed by atoms with E-state index in [4.69, 9.17) is 10.00 Å². The molecule has 1 aromatic rings. The molecule has 1 aliphatic heterocycles. The molecule has 1 saturated heterocycles. The Bertz CT molecular complexity index is 607. The van der Waals surface area contributed by atoms with Crippen molar-refractivity contribution < 1.29 is 9.66 Å². The predicted molar refractivity (Wildman–Crippen MR) is 77.1 cm³/mol. The summed E-state index contributed by atoms with van der Waals surface area (Å²) in [5.74, 6) is 0.577. The highest BCUT2D eigenvalue weighted by Crippen LogP contribution is 2.39. The van der Waals surface area contributed by atoms with Gasteiger partial charge < -0.3 is 9.64 Å². The van der Waals surface area contributed by atoms with Gasteiger partial charge in [-0.15, -0.1) is 0 Å². The van der Waals surface area contributed by atoms with Gasteiger partial charge in [-0.25, -0.2) is 0 Å². The molecule has 1 heterocycles. The molecule has 0 spiro atoms. The minimum Gasteiger partial charge on any atom is -0.371 e. The van der Waals surface area contributed by atoms with Gasteiger partial charge in [0.05, 0.1) is 28.8 Å². The van der Waals surface area contributed by atoms with Crippen LogP contribution in [-0.2, 0) is 4.74 Å². The largest absolute Gasteiger partial charge is 0.371 e. The van der Waals surface area contributed by atoms with E-state index in [9.17, 15) is 10.1 Å². The number of nitrogens with zero attached hydrogens (tertiary/aromatic N) is 3. The molecule has 2 fully saturated rings. The van der Waals surface area contributed by atoms with Crippen molar-refractivity contribution in [1.82, 2.24) is 0 Å². The fourth-order valence-corrected chi connectivity index (χ4v) is 2.91. The number of nitriles is 1. The number of ether oxygens (including phenoxy) is 1. The van der Waals surface area contributed by atoms with Crippen molar-refractivity contribution in [2.45, 2.75) is 32.0 Å². The maximum absolute atomic E-state index is 11.2. The van der Waals surface area contributed by atoms with Gasteiger partial charge in [0.25, 0.3) is 5.69 Å². The van der Waals surface area contributed by atoms with Crippen molar-refractivity contribution in [3.05, 3.63) is 33.9 Å². The first-order valence-electron chi connectivity index (χ1n) is 7.17. The molecule has 6 heteroatoms. The van der Waals surface area contributed by atoms with Gasteiger partial charge in [0.15, 0.2) is 0 Å². The van der Waals surface area contributed by atoms with Crippen LogP contribution < -0.4 is 4.90 Å². The van der Waals surface area contributed by atoms with Crippen LogP contribution in [0.3, 0.4) is 0 Å². The Morgan fingerprint density at radius 3 is 2.81 bits per heavy atom. The van der Waals surface area contributed by atoms with Crippen molar-refractivity contribution >= 4 is 11.4 Å². The Hall–Kier alpha value is -2.13. The van der Waals surface area contributed by atoms with E-state index in [1.165, 1.54) is 25.0 Å². The van der Waals surface area contributed by atoms with Crippen LogP contribution in [0.1, 0.15) is 25.3 Å². The molecule has 0 aromatic heterocycles. The Balaban J connectivity index is 1.93. The number of nitro groups is 1. The number of hydrogen-bond acceptors (Lipinski definition) is 5. The van der Waals surface area contributed by atoms with E-state index in [0.717, 1.165) is 0 Å². The lowest BCUT2D eigenvalue weighted by molar-refractivity contribution is -0.384. The second-order valence-corrected chi connectivity index (χ2v) is 5.80. The first kappa shape index (κ1) is 13.8. The first-order chi connectivity index (χ1) is 10.1. The van der Waals surface area contributed by atoms with Gasteiger partial charge in [-0.3, -0.25) is 10.1 Å². The van der Waals surface area contributed by atoms with Gasteiger partial charge in [-0.2, -0.15) is 5.26 Å². The number of nitro benzene ring substituents is 1. The monoisotopic (exact) mass is 287 g/mol. The highest BCUT2D eigenvalue weighted by atomic mass is 16.6. The van der Waals surface area contributed by atoms with Crippen LogP contribution in [0.2, 0.25) is 0 Å². The van der Waals surface area contributed by atoms with Gasteiger partial charge in [-0.05, 0) is 37.8 Å². The van der Waals surface area contributed by atoms with Crippen LogP contribution >= 0.6 is 0 Å². The topological polar surface area (TPSA) is 79.4 Å². The Morgan fingerprint density at radius 2 is 2.19 bits per heavy atom. The number of hydrogen-bond donors (Lipinski definition) is 0. The zero-order valence-electron chi connectivity index (χ0n) is 11.9. The second kappa shape index (κ2) is 5.34. The lowest BCUT2D eigenvalue weighted by Crippen LogP contribution is -2.47. The minimum absolute atomic E-state index is 0.0368. The first-order valence-corrected chi connectivity index (χ1v) is 7.17. The van der Waals surface area contributed by atoms with Crippen molar-refractivity contribution in [1.29, 1.82) is 5.26 Å². The third kappa shape index (κ3) is 2.83. The van der Waals surface area contributed by atoms with Crippen molar-refractivity contribution in [3.8, 4) is 6.07 Å². The lowest BCUT2D eigenvalue weighted by atomic mass is 10.1. The summed E-state index contributed by atoms with van der Waals surface area (Å²) in [5.41, 5.74) is 1.02. The molecule has 1 aliphatic carbocycles. The third-order valence-electron chi connectivity index (χ3n) is 4.07. The molecule has 2 aliphatic rings. The summed E-state index contributed by atoms with van der Waals surface area (Å²) in [6, 6.07) is 6.57. The van der Waals surface area contributed by atoms with Crippen LogP contribution in [0.4, 0.5) is 11.4 Å². The third-order valence-corrected chi connectivity index (χ3v) is 4.07. The van der Waals surface area contributed by atoms with E-state index < -0.39 is 0 Å². The zero-order valence-corrected chi connectivity index (χ0v) is 11.9. The maximum Gasteiger partial charge on any atom is 0.292 e. The Labute approximate surface area is 123 Å². The Morgan fingerprint density at radius 1 is 1.43 bits per heavy atom. The van der Waals surface area contributed by atoms with E-state index >= 15 is 0 Å². The molecule has 1 saturated carbocycles. The summed E-state index contributed by atoms with van der Waals surface area (Å²) in [4.78, 5) is 12.8. The van der Waals surface area contributed by atoms with Crippen molar-refractivity contribution in [2.75, 3.05) is 18.0 Å². The fourth-order valence-electron chi connectivity index (χ4n) is 2.91. The van der Waals surface area contributed by atoms with E-state index in [1.807, 2.05) is 17.9 Å². The van der Waals surface area contributed by atoms with Gasteiger partial charge in [-0.1, -0.05) is 0 Å². The Kier molecular flexibility index (Phi) is 3.52. The van der Waals surface area contributed by atoms with Crippen molar-refractivity contribution in [3.63, 3.8) is 0 Å². The van der Waals surface area contributed by atoms with Gasteiger partial charge in [0.1, 0.15) is 5.69 Å². The SMILES string of the molecule is C[C@H]1CN(c2cc(C#N)ccc2[N+](=O)[O-])C[C@H](C2CC2)O1. The molecule has 2 atom stereocenters. The van der Waals surface area contributed by atoms with E-state index in [2.05, 4.69) is 0 Å². The summed E-state index contributed by atoms with van der Waals surface area (Å²) in [6.45, 7) is 3.26. The average molecular weight is 287 g/mol. The normalized spacial score (nSPS) is 25.4. The summed E-state index contributed by atoms with van der Waals surface area (Å²) in [7, 11) is 0. The summed E-state index contributed by atoms with van der Waals surface area (Å²) >= 11 is 0. The highest BCUT2D eigenvalue weighted by molar-refractivity contribution is 5.66. The summed E-state index contributed by atoms with van der Waals surface area (Å²) in [5, 5.41) is 20.3. The smallest absolute Gasteiger partial charge is 0.292 e. The molecular formula is C15H17N3O3. The van der Waals surface area contributed by atoms with E-state index in [1.54, 1.807) is 6.07 Å². The van der Waals surface area contributed by atoms with Gasteiger partial charge in [0, 0.05) is 19.2 Å². The number of anilines is 1. The maximum atomic E-state index is 11.2. The highest BCUT2D eigenvalue weighted by Gasteiger charge is 2.38. The second-order valence-electron chi connectivity index (χ2n) is 5.80. The molecule has 0 amide bonds. The molecule has 21 heavy (non-hydrogen) atoms. The zero-order chi connectivity index (χ0) is 15.0. The number of benzene rings is 1. The molecule has 0 N–H and O–H groups in total. The molecular weight excluding hydrogens is 270 g/mol. The van der Waals surface area contributed by atoms with E-state index in [-0.39, 0.29) is 22.8 Å². The molecule has 1 aromatic carbocycles. The number of rotatable bonds is 3. The quantitative estimate of drug-likeness (QED) is 0.630. The predicted octanol–water partition coefficient (Wildman–Crippen LogP) is 2.47. The molecule has 0 unspecified atom stereocenters. The number of morpholine rings is 1. The minimum atomic E-state index is -0.386. The average Bonchev–Trinajstić information content (AvgIpc) is 3.30. The van der Waals surface area contributed by atoms with Crippen LogP contribution in [0.25, 0.3) is 0 Å². The van der Waals surface area contributed by atoms with Crippen LogP contribution in [0.5, 0.6) is 0 Å². The lowest BCUT2D eigenvalue weighted by Gasteiger charge is -2.38. The van der Waals surface area contributed by atoms with Crippen LogP contribution in [-0.4, -0.2) is 30.2 Å². The molecule has 0 bridgehead atoms. The molecule has 0 radical (unpaired) electrons. The summed E-state index contributed by atoms with van der Waals surface area (Å²) < 4.78 is 5.94. The van der Waals surface area contributed by atoms with E-state index in [0.29, 0.717) is 30.3 Å². The summed E-state index contributed by atoms with van der Waals surface area (Å²) in [6.07, 6.45) is 2.52. The standard InChI is InChI=1S/C15H17N3O3/c1-10-8-17(9-15(21-10)12-3-4-12)14-6-11(7-16)2-5-13(14)18(19)20/h2,5-6,10,12,15H,3-4,8-9H2,1H3/t10-,15+/m0/s1. The molecule has 110 valence electrons. The van der Waals surface area contributed by atoms with Crippen molar-refractivity contribution in [2.24, 2.45) is 5.92 Å². The van der Waals surface area contributed by atoms with Crippen LogP contribution in [0, 0.1) is 27.4 Å². The van der Waals surface area contributed by atoms with Gasteiger partial charge in [0.2, 0.25) is 0 Å². The van der Waals surface area contributed by atoms with Crippen LogP contribution in [0.15, 0.2) is 18.2 Å².